The number of nitrogens with zero attached hydrogens (tertiary/aromatic N) is 3. The Kier molecular flexibility index (Phi) is 6.64. The summed E-state index contributed by atoms with van der Waals surface area (Å²) in [5.74, 6) is -2.04. The number of hydrogen-bond acceptors (Lipinski definition) is 6. The van der Waals surface area contributed by atoms with Crippen LogP contribution in [-0.4, -0.2) is 53.5 Å². The Morgan fingerprint density at radius 3 is 2.29 bits per heavy atom. The van der Waals surface area contributed by atoms with Gasteiger partial charge in [-0.25, -0.2) is 14.8 Å². The molecule has 0 saturated heterocycles. The Balaban J connectivity index is 2.35. The van der Waals surface area contributed by atoms with Gasteiger partial charge < -0.3 is 20.6 Å². The minimum absolute atomic E-state index is 0.264. The summed E-state index contributed by atoms with van der Waals surface area (Å²) in [6.07, 6.45) is 2.44. The van der Waals surface area contributed by atoms with Gasteiger partial charge in [0.15, 0.2) is 11.4 Å². The topological polar surface area (TPSA) is 125 Å². The second kappa shape index (κ2) is 8.94. The van der Waals surface area contributed by atoms with E-state index in [4.69, 9.17) is 0 Å². The van der Waals surface area contributed by atoms with Crippen LogP contribution in [0.1, 0.15) is 45.2 Å². The fourth-order valence-corrected chi connectivity index (χ4v) is 2.41. The normalized spacial score (nSPS) is 10.5. The van der Waals surface area contributed by atoms with Gasteiger partial charge in [-0.15, -0.1) is 0 Å². The molecule has 0 bridgehead atoms. The molecule has 0 spiro atoms. The number of carboxylic acid groups (broad SMARTS) is 1. The average molecular weight is 385 g/mol. The minimum atomic E-state index is -1.35. The lowest BCUT2D eigenvalue weighted by molar-refractivity contribution is 0.0684. The van der Waals surface area contributed by atoms with Crippen LogP contribution in [0.4, 0.5) is 11.4 Å². The number of nitrogens with one attached hydrogen (secondary N) is 2. The molecule has 9 nitrogen and oxygen atoms in total. The molecule has 0 fully saturated rings. The summed E-state index contributed by atoms with van der Waals surface area (Å²) >= 11 is 0. The van der Waals surface area contributed by atoms with Crippen molar-refractivity contribution < 1.29 is 19.5 Å². The van der Waals surface area contributed by atoms with Gasteiger partial charge in [-0.1, -0.05) is 13.8 Å². The number of aromatic nitrogens is 2. The number of aromatic carboxylic acids is 1. The minimum Gasteiger partial charge on any atom is -0.476 e. The van der Waals surface area contributed by atoms with Crippen molar-refractivity contribution in [3.63, 3.8) is 0 Å². The van der Waals surface area contributed by atoms with E-state index in [1.54, 1.807) is 37.2 Å². The highest BCUT2D eigenvalue weighted by molar-refractivity contribution is 6.10. The molecule has 0 radical (unpaired) electrons. The van der Waals surface area contributed by atoms with Gasteiger partial charge in [0, 0.05) is 38.6 Å². The van der Waals surface area contributed by atoms with Gasteiger partial charge in [-0.2, -0.15) is 0 Å². The van der Waals surface area contributed by atoms with Gasteiger partial charge in [0.1, 0.15) is 0 Å². The van der Waals surface area contributed by atoms with Crippen molar-refractivity contribution in [1.82, 2.24) is 15.3 Å². The third-order valence-corrected chi connectivity index (χ3v) is 3.78. The van der Waals surface area contributed by atoms with E-state index >= 15 is 0 Å². The highest BCUT2D eigenvalue weighted by Crippen LogP contribution is 2.26. The molecule has 3 N–H and O–H groups in total. The first-order valence-electron chi connectivity index (χ1n) is 8.66. The molecule has 148 valence electrons. The molecule has 2 aromatic rings. The lowest BCUT2D eigenvalue weighted by Gasteiger charge is -2.19. The number of benzene rings is 1. The van der Waals surface area contributed by atoms with Crippen molar-refractivity contribution in [1.29, 1.82) is 0 Å². The third kappa shape index (κ3) is 5.03. The van der Waals surface area contributed by atoms with Gasteiger partial charge in [-0.3, -0.25) is 9.59 Å². The lowest BCUT2D eigenvalue weighted by Crippen LogP contribution is -2.27. The molecular formula is C19H23N5O4. The zero-order valence-electron chi connectivity index (χ0n) is 16.2. The van der Waals surface area contributed by atoms with Crippen molar-refractivity contribution >= 4 is 29.2 Å². The van der Waals surface area contributed by atoms with E-state index in [0.717, 1.165) is 0 Å². The fraction of sp³-hybridized carbons (Fsp3) is 0.316. The first-order chi connectivity index (χ1) is 13.2. The maximum Gasteiger partial charge on any atom is 0.356 e. The summed E-state index contributed by atoms with van der Waals surface area (Å²) in [7, 11) is 3.57. The van der Waals surface area contributed by atoms with E-state index in [0.29, 0.717) is 29.4 Å². The quantitative estimate of drug-likeness (QED) is 0.664. The van der Waals surface area contributed by atoms with Gasteiger partial charge in [0.25, 0.3) is 11.8 Å². The van der Waals surface area contributed by atoms with Gasteiger partial charge in [0.2, 0.25) is 0 Å². The largest absolute Gasteiger partial charge is 0.476 e. The van der Waals surface area contributed by atoms with E-state index in [9.17, 15) is 19.5 Å². The van der Waals surface area contributed by atoms with Crippen LogP contribution in [-0.2, 0) is 0 Å². The predicted molar refractivity (Wildman–Crippen MR) is 105 cm³/mol. The smallest absolute Gasteiger partial charge is 0.356 e. The molecule has 1 aromatic heterocycles. The van der Waals surface area contributed by atoms with E-state index in [2.05, 4.69) is 20.6 Å². The Bertz CT molecular complexity index is 896. The van der Waals surface area contributed by atoms with E-state index in [1.165, 1.54) is 12.4 Å². The Morgan fingerprint density at radius 2 is 1.71 bits per heavy atom. The van der Waals surface area contributed by atoms with Crippen molar-refractivity contribution in [2.75, 3.05) is 30.9 Å². The molecule has 9 heteroatoms. The lowest BCUT2D eigenvalue weighted by atomic mass is 10.1. The van der Waals surface area contributed by atoms with E-state index < -0.39 is 17.6 Å². The molecule has 1 heterocycles. The third-order valence-electron chi connectivity index (χ3n) is 3.78. The molecular weight excluding hydrogens is 362 g/mol. The zero-order valence-corrected chi connectivity index (χ0v) is 16.2. The molecule has 0 aliphatic heterocycles. The second-order valence-corrected chi connectivity index (χ2v) is 6.74. The molecule has 0 unspecified atom stereocenters. The fourth-order valence-electron chi connectivity index (χ4n) is 2.41. The van der Waals surface area contributed by atoms with Crippen LogP contribution < -0.4 is 15.5 Å². The van der Waals surface area contributed by atoms with Crippen LogP contribution in [0.15, 0.2) is 30.6 Å². The molecule has 1 aromatic carbocycles. The van der Waals surface area contributed by atoms with E-state index in [1.807, 2.05) is 13.8 Å². The van der Waals surface area contributed by atoms with Crippen LogP contribution in [0.25, 0.3) is 0 Å². The first-order valence-corrected chi connectivity index (χ1v) is 8.66. The first kappa shape index (κ1) is 20.8. The van der Waals surface area contributed by atoms with Crippen LogP contribution in [0.2, 0.25) is 0 Å². The SMILES string of the molecule is CC(C)CNC(=O)c1ccc(N(C)C)c(NC(=O)c2nccnc2C(=O)O)c1. The summed E-state index contributed by atoms with van der Waals surface area (Å²) in [5.41, 5.74) is 0.620. The average Bonchev–Trinajstić information content (AvgIpc) is 2.65. The maximum absolute atomic E-state index is 12.6. The van der Waals surface area contributed by atoms with Crippen LogP contribution in [0.5, 0.6) is 0 Å². The predicted octanol–water partition coefficient (Wildman–Crippen LogP) is 1.88. The second-order valence-electron chi connectivity index (χ2n) is 6.74. The van der Waals surface area contributed by atoms with Crippen molar-refractivity contribution in [3.05, 3.63) is 47.5 Å². The Morgan fingerprint density at radius 1 is 1.07 bits per heavy atom. The Hall–Kier alpha value is -3.49. The van der Waals surface area contributed by atoms with Crippen LogP contribution >= 0.6 is 0 Å². The molecule has 2 amide bonds. The van der Waals surface area contributed by atoms with Gasteiger partial charge in [0.05, 0.1) is 11.4 Å². The highest BCUT2D eigenvalue weighted by atomic mass is 16.4. The summed E-state index contributed by atoms with van der Waals surface area (Å²) in [6.45, 7) is 4.50. The molecule has 2 rings (SSSR count). The van der Waals surface area contributed by atoms with Gasteiger partial charge in [-0.05, 0) is 24.1 Å². The summed E-state index contributed by atoms with van der Waals surface area (Å²) in [6, 6.07) is 4.90. The number of carboxylic acids is 1. The monoisotopic (exact) mass is 385 g/mol. The summed E-state index contributed by atoms with van der Waals surface area (Å²) in [4.78, 5) is 45.5. The number of hydrogen-bond donors (Lipinski definition) is 3. The number of rotatable bonds is 7. The van der Waals surface area contributed by atoms with Crippen molar-refractivity contribution in [3.8, 4) is 0 Å². The number of amides is 2. The molecule has 0 aliphatic carbocycles. The standard InChI is InChI=1S/C19H23N5O4/c1-11(2)10-22-17(25)12-5-6-14(24(3)4)13(9-12)23-18(26)15-16(19(27)28)21-8-7-20-15/h5-9,11H,10H2,1-4H3,(H,22,25)(H,23,26)(H,27,28). The summed E-state index contributed by atoms with van der Waals surface area (Å²) < 4.78 is 0. The number of anilines is 2. The highest BCUT2D eigenvalue weighted by Gasteiger charge is 2.21. The molecule has 28 heavy (non-hydrogen) atoms. The molecule has 0 atom stereocenters. The molecule has 0 saturated carbocycles. The van der Waals surface area contributed by atoms with Crippen molar-refractivity contribution in [2.24, 2.45) is 5.92 Å². The molecule has 0 aliphatic rings. The number of carbonyl (C=O) groups excluding carboxylic acids is 2. The zero-order chi connectivity index (χ0) is 20.8. The summed E-state index contributed by atoms with van der Waals surface area (Å²) in [5, 5.41) is 14.7. The maximum atomic E-state index is 12.6. The van der Waals surface area contributed by atoms with Crippen molar-refractivity contribution in [2.45, 2.75) is 13.8 Å². The van der Waals surface area contributed by atoms with Crippen LogP contribution in [0.3, 0.4) is 0 Å². The van der Waals surface area contributed by atoms with Gasteiger partial charge >= 0.3 is 5.97 Å². The van der Waals surface area contributed by atoms with E-state index in [-0.39, 0.29) is 11.6 Å². The Labute approximate surface area is 162 Å². The van der Waals surface area contributed by atoms with Crippen LogP contribution in [0, 0.1) is 5.92 Å². The number of carbonyl (C=O) groups is 3.